The van der Waals surface area contributed by atoms with Gasteiger partial charge in [-0.25, -0.2) is 0 Å². The van der Waals surface area contributed by atoms with Crippen LogP contribution in [0.1, 0.15) is 44.9 Å². The maximum Gasteiger partial charge on any atom is 0.105 e. The molecular formula is C17H30N2O. The summed E-state index contributed by atoms with van der Waals surface area (Å²) in [4.78, 5) is 2.42. The normalized spacial score (nSPS) is 29.9. The first kappa shape index (κ1) is 15.6. The van der Waals surface area contributed by atoms with Gasteiger partial charge in [0.2, 0.25) is 0 Å². The van der Waals surface area contributed by atoms with Crippen LogP contribution in [0.2, 0.25) is 0 Å². The van der Waals surface area contributed by atoms with E-state index in [1.807, 2.05) is 6.92 Å². The summed E-state index contributed by atoms with van der Waals surface area (Å²) < 4.78 is 5.38. The van der Waals surface area contributed by atoms with E-state index in [4.69, 9.17) is 10.2 Å². The summed E-state index contributed by atoms with van der Waals surface area (Å²) in [6.07, 6.45) is 4.19. The van der Waals surface area contributed by atoms with Crippen LogP contribution >= 0.6 is 0 Å². The molecule has 0 amide bonds. The summed E-state index contributed by atoms with van der Waals surface area (Å²) in [5, 5.41) is 0. The Labute approximate surface area is 123 Å². The highest BCUT2D eigenvalue weighted by molar-refractivity contribution is 5.15. The van der Waals surface area contributed by atoms with Crippen LogP contribution in [-0.4, -0.2) is 24.5 Å². The molecule has 3 unspecified atom stereocenters. The SMILES string of the molecule is Cc1occc1CN(C)CC1CCC(N)C(C)C1(C)C. The van der Waals surface area contributed by atoms with Crippen LogP contribution in [0.3, 0.4) is 0 Å². The van der Waals surface area contributed by atoms with E-state index in [0.717, 1.165) is 31.2 Å². The number of hydrogen-bond donors (Lipinski definition) is 1. The molecular weight excluding hydrogens is 248 g/mol. The van der Waals surface area contributed by atoms with Gasteiger partial charge in [0.05, 0.1) is 6.26 Å². The summed E-state index contributed by atoms with van der Waals surface area (Å²) in [6, 6.07) is 2.44. The van der Waals surface area contributed by atoms with E-state index < -0.39 is 0 Å². The van der Waals surface area contributed by atoms with Crippen molar-refractivity contribution in [3.8, 4) is 0 Å². The van der Waals surface area contributed by atoms with Gasteiger partial charge in [-0.3, -0.25) is 0 Å². The third-order valence-electron chi connectivity index (χ3n) is 5.66. The molecule has 0 bridgehead atoms. The van der Waals surface area contributed by atoms with Crippen LogP contribution in [0.15, 0.2) is 16.7 Å². The van der Waals surface area contributed by atoms with Crippen molar-refractivity contribution in [2.24, 2.45) is 23.0 Å². The molecule has 0 spiro atoms. The Balaban J connectivity index is 1.97. The standard InChI is InChI=1S/C17H30N2O/c1-12-16(18)7-6-15(17(12,3)4)11-19(5)10-14-8-9-20-13(14)2/h8-9,12,15-16H,6-7,10-11,18H2,1-5H3. The molecule has 1 saturated carbocycles. The second kappa shape index (κ2) is 5.90. The molecule has 1 heterocycles. The van der Waals surface area contributed by atoms with Crippen molar-refractivity contribution in [1.29, 1.82) is 0 Å². The van der Waals surface area contributed by atoms with Crippen LogP contribution in [0, 0.1) is 24.2 Å². The minimum atomic E-state index is 0.317. The maximum atomic E-state index is 6.25. The van der Waals surface area contributed by atoms with Gasteiger partial charge < -0.3 is 15.1 Å². The predicted octanol–water partition coefficient (Wildman–Crippen LogP) is 3.42. The third-order valence-corrected chi connectivity index (χ3v) is 5.66. The molecule has 1 aromatic heterocycles. The fourth-order valence-electron chi connectivity index (χ4n) is 3.57. The summed E-state index contributed by atoms with van der Waals surface area (Å²) in [7, 11) is 2.21. The minimum Gasteiger partial charge on any atom is -0.469 e. The first-order valence-corrected chi connectivity index (χ1v) is 7.79. The van der Waals surface area contributed by atoms with Crippen LogP contribution in [-0.2, 0) is 6.54 Å². The molecule has 1 fully saturated rings. The molecule has 0 aliphatic heterocycles. The quantitative estimate of drug-likeness (QED) is 0.917. The fraction of sp³-hybridized carbons (Fsp3) is 0.765. The lowest BCUT2D eigenvalue weighted by molar-refractivity contribution is 0.0323. The number of hydrogen-bond acceptors (Lipinski definition) is 3. The zero-order valence-corrected chi connectivity index (χ0v) is 13.6. The number of aryl methyl sites for hydroxylation is 1. The Morgan fingerprint density at radius 1 is 1.40 bits per heavy atom. The van der Waals surface area contributed by atoms with Crippen LogP contribution < -0.4 is 5.73 Å². The molecule has 3 atom stereocenters. The van der Waals surface area contributed by atoms with Gasteiger partial charge in [-0.05, 0) is 50.1 Å². The van der Waals surface area contributed by atoms with Crippen molar-refractivity contribution in [2.75, 3.05) is 13.6 Å². The summed E-state index contributed by atoms with van der Waals surface area (Å²) >= 11 is 0. The lowest BCUT2D eigenvalue weighted by Crippen LogP contribution is -2.49. The highest BCUT2D eigenvalue weighted by atomic mass is 16.3. The lowest BCUT2D eigenvalue weighted by Gasteiger charge is -2.48. The Morgan fingerprint density at radius 2 is 2.10 bits per heavy atom. The van der Waals surface area contributed by atoms with Crippen molar-refractivity contribution < 1.29 is 4.42 Å². The molecule has 20 heavy (non-hydrogen) atoms. The zero-order chi connectivity index (χ0) is 14.9. The average molecular weight is 278 g/mol. The maximum absolute atomic E-state index is 6.25. The zero-order valence-electron chi connectivity index (χ0n) is 13.6. The Hall–Kier alpha value is -0.800. The van der Waals surface area contributed by atoms with Crippen molar-refractivity contribution in [1.82, 2.24) is 4.90 Å². The molecule has 0 saturated heterocycles. The van der Waals surface area contributed by atoms with Gasteiger partial charge >= 0.3 is 0 Å². The Morgan fingerprint density at radius 3 is 2.70 bits per heavy atom. The van der Waals surface area contributed by atoms with E-state index in [-0.39, 0.29) is 0 Å². The van der Waals surface area contributed by atoms with E-state index in [1.165, 1.54) is 12.0 Å². The summed E-state index contributed by atoms with van der Waals surface area (Å²) in [5.74, 6) is 2.34. The number of nitrogens with zero attached hydrogens (tertiary/aromatic N) is 1. The molecule has 2 N–H and O–H groups in total. The van der Waals surface area contributed by atoms with E-state index in [2.05, 4.69) is 38.8 Å². The first-order valence-electron chi connectivity index (χ1n) is 7.79. The molecule has 3 nitrogen and oxygen atoms in total. The molecule has 1 aliphatic carbocycles. The lowest BCUT2D eigenvalue weighted by atomic mass is 9.61. The van der Waals surface area contributed by atoms with Gasteiger partial charge in [0, 0.05) is 24.7 Å². The van der Waals surface area contributed by atoms with E-state index >= 15 is 0 Å². The molecule has 3 heteroatoms. The van der Waals surface area contributed by atoms with Crippen molar-refractivity contribution in [3.63, 3.8) is 0 Å². The minimum absolute atomic E-state index is 0.317. The Kier molecular flexibility index (Phi) is 4.60. The monoisotopic (exact) mass is 278 g/mol. The topological polar surface area (TPSA) is 42.4 Å². The van der Waals surface area contributed by atoms with Gasteiger partial charge in [-0.2, -0.15) is 0 Å². The molecule has 114 valence electrons. The van der Waals surface area contributed by atoms with E-state index in [0.29, 0.717) is 17.4 Å². The summed E-state index contributed by atoms with van der Waals surface area (Å²) in [6.45, 7) is 11.2. The predicted molar refractivity (Wildman–Crippen MR) is 83.4 cm³/mol. The average Bonchev–Trinajstić information content (AvgIpc) is 2.76. The van der Waals surface area contributed by atoms with Gasteiger partial charge in [0.15, 0.2) is 0 Å². The fourth-order valence-corrected chi connectivity index (χ4v) is 3.57. The second-order valence-electron chi connectivity index (χ2n) is 7.25. The Bertz CT molecular complexity index is 438. The second-order valence-corrected chi connectivity index (χ2v) is 7.25. The van der Waals surface area contributed by atoms with Crippen molar-refractivity contribution in [3.05, 3.63) is 23.7 Å². The van der Waals surface area contributed by atoms with Crippen molar-refractivity contribution in [2.45, 2.75) is 53.1 Å². The van der Waals surface area contributed by atoms with Crippen LogP contribution in [0.25, 0.3) is 0 Å². The van der Waals surface area contributed by atoms with Crippen molar-refractivity contribution >= 4 is 0 Å². The third kappa shape index (κ3) is 3.09. The van der Waals surface area contributed by atoms with Crippen LogP contribution in [0.4, 0.5) is 0 Å². The number of furan rings is 1. The van der Waals surface area contributed by atoms with E-state index in [1.54, 1.807) is 6.26 Å². The number of nitrogens with two attached hydrogens (primary N) is 1. The van der Waals surface area contributed by atoms with Gasteiger partial charge in [0.25, 0.3) is 0 Å². The number of rotatable bonds is 4. The van der Waals surface area contributed by atoms with Gasteiger partial charge in [-0.1, -0.05) is 20.8 Å². The highest BCUT2D eigenvalue weighted by Gasteiger charge is 2.41. The molecule has 0 radical (unpaired) electrons. The summed E-state index contributed by atoms with van der Waals surface area (Å²) in [5.41, 5.74) is 7.86. The smallest absolute Gasteiger partial charge is 0.105 e. The van der Waals surface area contributed by atoms with Gasteiger partial charge in [0.1, 0.15) is 5.76 Å². The van der Waals surface area contributed by atoms with Gasteiger partial charge in [-0.15, -0.1) is 0 Å². The molecule has 2 rings (SSSR count). The molecule has 1 aromatic rings. The largest absolute Gasteiger partial charge is 0.469 e. The molecule has 0 aromatic carbocycles. The first-order chi connectivity index (χ1) is 9.32. The molecule has 1 aliphatic rings. The highest BCUT2D eigenvalue weighted by Crippen LogP contribution is 2.44. The van der Waals surface area contributed by atoms with E-state index in [9.17, 15) is 0 Å². The van der Waals surface area contributed by atoms with Crippen LogP contribution in [0.5, 0.6) is 0 Å².